The van der Waals surface area contributed by atoms with Crippen LogP contribution in [0.1, 0.15) is 11.3 Å². The number of H-pyrrole nitrogens is 1. The summed E-state index contributed by atoms with van der Waals surface area (Å²) in [7, 11) is 0. The standard InChI is InChI=1S/C20H16FN3O2/c1-12-5-3-4-6-17(12)24-20(26)19-13(2)23(18(25)11-16(19)22-24)15-9-7-14(21)8-10-15/h3-11,22H,1-2H3. The molecular formula is C20H16FN3O2. The van der Waals surface area contributed by atoms with E-state index in [2.05, 4.69) is 5.10 Å². The summed E-state index contributed by atoms with van der Waals surface area (Å²) in [6, 6.07) is 14.5. The zero-order valence-corrected chi connectivity index (χ0v) is 14.3. The summed E-state index contributed by atoms with van der Waals surface area (Å²) in [5, 5.41) is 3.45. The third kappa shape index (κ3) is 2.38. The molecule has 2 aromatic carbocycles. The van der Waals surface area contributed by atoms with Crippen LogP contribution in [-0.2, 0) is 0 Å². The van der Waals surface area contributed by atoms with Gasteiger partial charge in [0.1, 0.15) is 5.82 Å². The van der Waals surface area contributed by atoms with Gasteiger partial charge >= 0.3 is 0 Å². The van der Waals surface area contributed by atoms with Gasteiger partial charge in [-0.3, -0.25) is 19.3 Å². The zero-order valence-electron chi connectivity index (χ0n) is 14.3. The van der Waals surface area contributed by atoms with E-state index in [-0.39, 0.29) is 16.9 Å². The first kappa shape index (κ1) is 16.1. The molecule has 0 aliphatic carbocycles. The maximum atomic E-state index is 13.2. The number of benzene rings is 2. The number of halogens is 1. The summed E-state index contributed by atoms with van der Waals surface area (Å²) in [4.78, 5) is 25.6. The number of nitrogens with one attached hydrogen (secondary N) is 1. The fourth-order valence-corrected chi connectivity index (χ4v) is 3.27. The first-order valence-electron chi connectivity index (χ1n) is 8.16. The van der Waals surface area contributed by atoms with Crippen LogP contribution < -0.4 is 11.1 Å². The van der Waals surface area contributed by atoms with E-state index >= 15 is 0 Å². The van der Waals surface area contributed by atoms with Gasteiger partial charge in [0.05, 0.1) is 16.6 Å². The molecule has 0 amide bonds. The predicted octanol–water partition coefficient (Wildman–Crippen LogP) is 3.23. The third-order valence-electron chi connectivity index (χ3n) is 4.55. The molecule has 6 heteroatoms. The first-order valence-corrected chi connectivity index (χ1v) is 8.16. The average molecular weight is 349 g/mol. The molecule has 0 bridgehead atoms. The van der Waals surface area contributed by atoms with Crippen LogP contribution in [0.15, 0.2) is 64.2 Å². The van der Waals surface area contributed by atoms with Crippen molar-refractivity contribution in [2.75, 3.05) is 0 Å². The smallest absolute Gasteiger partial charge is 0.280 e. The second-order valence-corrected chi connectivity index (χ2v) is 6.21. The van der Waals surface area contributed by atoms with Gasteiger partial charge in [0, 0.05) is 17.4 Å². The number of aromatic amines is 1. The van der Waals surface area contributed by atoms with Crippen molar-refractivity contribution in [3.05, 3.63) is 92.4 Å². The molecule has 0 aliphatic heterocycles. The summed E-state index contributed by atoms with van der Waals surface area (Å²) in [6.45, 7) is 3.63. The highest BCUT2D eigenvalue weighted by molar-refractivity contribution is 5.81. The van der Waals surface area contributed by atoms with Crippen LogP contribution in [0, 0.1) is 19.7 Å². The molecule has 5 nitrogen and oxygen atoms in total. The van der Waals surface area contributed by atoms with Crippen LogP contribution in [0.2, 0.25) is 0 Å². The zero-order chi connectivity index (χ0) is 18.4. The van der Waals surface area contributed by atoms with Crippen molar-refractivity contribution in [1.82, 2.24) is 14.3 Å². The van der Waals surface area contributed by atoms with Gasteiger partial charge in [0.2, 0.25) is 0 Å². The lowest BCUT2D eigenvalue weighted by Gasteiger charge is -2.09. The minimum atomic E-state index is -0.385. The number of para-hydroxylation sites is 1. The van der Waals surface area contributed by atoms with Gasteiger partial charge in [-0.25, -0.2) is 9.07 Å². The molecule has 2 aromatic heterocycles. The van der Waals surface area contributed by atoms with E-state index in [4.69, 9.17) is 0 Å². The number of pyridine rings is 1. The largest absolute Gasteiger partial charge is 0.290 e. The summed E-state index contributed by atoms with van der Waals surface area (Å²) in [5.74, 6) is -0.385. The molecule has 1 N–H and O–H groups in total. The Kier molecular flexibility index (Phi) is 3.61. The molecule has 130 valence electrons. The van der Waals surface area contributed by atoms with Crippen LogP contribution in [0.3, 0.4) is 0 Å². The third-order valence-corrected chi connectivity index (χ3v) is 4.55. The number of hydrogen-bond donors (Lipinski definition) is 1. The van der Waals surface area contributed by atoms with Gasteiger partial charge in [-0.1, -0.05) is 18.2 Å². The monoisotopic (exact) mass is 349 g/mol. The second-order valence-electron chi connectivity index (χ2n) is 6.21. The van der Waals surface area contributed by atoms with Crippen LogP contribution in [0.5, 0.6) is 0 Å². The van der Waals surface area contributed by atoms with Gasteiger partial charge in [0.25, 0.3) is 11.1 Å². The lowest BCUT2D eigenvalue weighted by atomic mass is 10.2. The van der Waals surface area contributed by atoms with Crippen LogP contribution in [0.25, 0.3) is 22.3 Å². The molecular weight excluding hydrogens is 333 g/mol. The summed E-state index contributed by atoms with van der Waals surface area (Å²) < 4.78 is 16.1. The molecule has 26 heavy (non-hydrogen) atoms. The molecule has 4 aromatic rings. The minimum Gasteiger partial charge on any atom is -0.290 e. The molecule has 0 spiro atoms. The maximum absolute atomic E-state index is 13.2. The van der Waals surface area contributed by atoms with Crippen molar-refractivity contribution in [1.29, 1.82) is 0 Å². The number of aromatic nitrogens is 3. The van der Waals surface area contributed by atoms with Crippen molar-refractivity contribution in [3.8, 4) is 11.4 Å². The van der Waals surface area contributed by atoms with Gasteiger partial charge in [-0.2, -0.15) is 0 Å². The second kappa shape index (κ2) is 5.84. The highest BCUT2D eigenvalue weighted by Gasteiger charge is 2.16. The maximum Gasteiger partial charge on any atom is 0.280 e. The van der Waals surface area contributed by atoms with Crippen LogP contribution in [-0.4, -0.2) is 14.3 Å². The molecule has 0 unspecified atom stereocenters. The van der Waals surface area contributed by atoms with Gasteiger partial charge in [-0.05, 0) is 49.7 Å². The van der Waals surface area contributed by atoms with E-state index < -0.39 is 0 Å². The fraction of sp³-hybridized carbons (Fsp3) is 0.100. The van der Waals surface area contributed by atoms with Gasteiger partial charge in [-0.15, -0.1) is 0 Å². The predicted molar refractivity (Wildman–Crippen MR) is 98.9 cm³/mol. The number of nitrogens with zero attached hydrogens (tertiary/aromatic N) is 2. The Morgan fingerprint density at radius 2 is 1.65 bits per heavy atom. The first-order chi connectivity index (χ1) is 12.5. The molecule has 0 fully saturated rings. The van der Waals surface area contributed by atoms with E-state index in [1.165, 1.54) is 39.6 Å². The SMILES string of the molecule is Cc1ccccc1-n1[nH]c2cc(=O)n(-c3ccc(F)cc3)c(C)c2c1=O. The van der Waals surface area contributed by atoms with Crippen molar-refractivity contribution in [2.24, 2.45) is 0 Å². The van der Waals surface area contributed by atoms with Crippen molar-refractivity contribution in [3.63, 3.8) is 0 Å². The van der Waals surface area contributed by atoms with E-state index in [0.29, 0.717) is 22.3 Å². The topological polar surface area (TPSA) is 59.8 Å². The number of rotatable bonds is 2. The Bertz CT molecular complexity index is 1250. The Morgan fingerprint density at radius 3 is 2.35 bits per heavy atom. The molecule has 0 saturated carbocycles. The van der Waals surface area contributed by atoms with Gasteiger partial charge in [0.15, 0.2) is 0 Å². The highest BCUT2D eigenvalue weighted by atomic mass is 19.1. The van der Waals surface area contributed by atoms with Crippen molar-refractivity contribution >= 4 is 10.9 Å². The number of aryl methyl sites for hydroxylation is 2. The molecule has 4 rings (SSSR count). The van der Waals surface area contributed by atoms with E-state index in [9.17, 15) is 14.0 Å². The van der Waals surface area contributed by atoms with E-state index in [1.54, 1.807) is 6.92 Å². The summed E-state index contributed by atoms with van der Waals surface area (Å²) in [6.07, 6.45) is 0. The minimum absolute atomic E-state index is 0.234. The lowest BCUT2D eigenvalue weighted by Crippen LogP contribution is -2.22. The average Bonchev–Trinajstić information content (AvgIpc) is 2.93. The highest BCUT2D eigenvalue weighted by Crippen LogP contribution is 2.18. The van der Waals surface area contributed by atoms with Crippen LogP contribution in [0.4, 0.5) is 4.39 Å². The van der Waals surface area contributed by atoms with Crippen LogP contribution >= 0.6 is 0 Å². The van der Waals surface area contributed by atoms with Crippen molar-refractivity contribution in [2.45, 2.75) is 13.8 Å². The van der Waals surface area contributed by atoms with Gasteiger partial charge < -0.3 is 0 Å². The Morgan fingerprint density at radius 1 is 0.962 bits per heavy atom. The van der Waals surface area contributed by atoms with E-state index in [1.807, 2.05) is 31.2 Å². The normalized spacial score (nSPS) is 11.2. The molecule has 0 aliphatic rings. The Hall–Kier alpha value is -3.41. The molecule has 0 atom stereocenters. The number of hydrogen-bond acceptors (Lipinski definition) is 2. The quantitative estimate of drug-likeness (QED) is 0.604. The fourth-order valence-electron chi connectivity index (χ4n) is 3.27. The summed E-state index contributed by atoms with van der Waals surface area (Å²) in [5.41, 5.74) is 2.63. The van der Waals surface area contributed by atoms with Crippen molar-refractivity contribution < 1.29 is 4.39 Å². The molecule has 2 heterocycles. The molecule has 0 radical (unpaired) electrons. The Balaban J connectivity index is 2.03. The summed E-state index contributed by atoms with van der Waals surface area (Å²) >= 11 is 0. The van der Waals surface area contributed by atoms with E-state index in [0.717, 1.165) is 11.3 Å². The Labute approximate surface area is 147 Å². The number of fused-ring (bicyclic) bond motifs is 1. The lowest BCUT2D eigenvalue weighted by molar-refractivity contribution is 0.627. The molecule has 0 saturated heterocycles.